The van der Waals surface area contributed by atoms with Gasteiger partial charge in [-0.15, -0.1) is 0 Å². The summed E-state index contributed by atoms with van der Waals surface area (Å²) in [6.07, 6.45) is -0.970. The molecule has 0 amide bonds. The first-order valence-corrected chi connectivity index (χ1v) is 4.15. The van der Waals surface area contributed by atoms with Crippen molar-refractivity contribution in [2.24, 2.45) is 0 Å². The molecule has 4 heteroatoms. The van der Waals surface area contributed by atoms with Gasteiger partial charge in [-0.2, -0.15) is 0 Å². The molecule has 0 heterocycles. The molecule has 0 saturated carbocycles. The van der Waals surface area contributed by atoms with E-state index in [1.165, 1.54) is 14.0 Å². The zero-order chi connectivity index (χ0) is 10.6. The molecular weight excluding hydrogens is 184 g/mol. The summed E-state index contributed by atoms with van der Waals surface area (Å²) in [5.41, 5.74) is 0. The minimum Gasteiger partial charge on any atom is -0.546 e. The molecule has 0 spiro atoms. The highest BCUT2D eigenvalue weighted by Crippen LogP contribution is 2.19. The predicted octanol–water partition coefficient (Wildman–Crippen LogP) is 0.212. The average molecular weight is 195 g/mol. The lowest BCUT2D eigenvalue weighted by atomic mass is 10.3. The Morgan fingerprint density at radius 1 is 1.43 bits per heavy atom. The van der Waals surface area contributed by atoms with Crippen LogP contribution in [0, 0.1) is 0 Å². The zero-order valence-corrected chi connectivity index (χ0v) is 8.02. The van der Waals surface area contributed by atoms with Crippen LogP contribution in [0.1, 0.15) is 6.92 Å². The van der Waals surface area contributed by atoms with Crippen molar-refractivity contribution in [1.82, 2.24) is 0 Å². The number of aliphatic carboxylic acids is 1. The number of carboxylic acid groups (broad SMARTS) is 1. The van der Waals surface area contributed by atoms with Crippen molar-refractivity contribution in [3.05, 3.63) is 24.3 Å². The highest BCUT2D eigenvalue weighted by atomic mass is 16.5. The van der Waals surface area contributed by atoms with E-state index in [9.17, 15) is 9.90 Å². The van der Waals surface area contributed by atoms with Gasteiger partial charge in [0.2, 0.25) is 0 Å². The first-order valence-electron chi connectivity index (χ1n) is 4.15. The Kier molecular flexibility index (Phi) is 3.34. The summed E-state index contributed by atoms with van der Waals surface area (Å²) in [6, 6.07) is 6.73. The fourth-order valence-corrected chi connectivity index (χ4v) is 0.927. The Balaban J connectivity index is 2.71. The van der Waals surface area contributed by atoms with Crippen LogP contribution in [0.4, 0.5) is 0 Å². The summed E-state index contributed by atoms with van der Waals surface area (Å²) in [6.45, 7) is 1.41. The third-order valence-corrected chi connectivity index (χ3v) is 1.69. The fourth-order valence-electron chi connectivity index (χ4n) is 0.927. The van der Waals surface area contributed by atoms with Gasteiger partial charge in [0.25, 0.3) is 0 Å². The van der Waals surface area contributed by atoms with E-state index in [4.69, 9.17) is 9.47 Å². The zero-order valence-electron chi connectivity index (χ0n) is 8.02. The largest absolute Gasteiger partial charge is 0.546 e. The van der Waals surface area contributed by atoms with E-state index in [0.29, 0.717) is 11.5 Å². The Morgan fingerprint density at radius 2 is 2.07 bits per heavy atom. The van der Waals surface area contributed by atoms with Crippen LogP contribution in [0.2, 0.25) is 0 Å². The number of carboxylic acids is 1. The second-order valence-electron chi connectivity index (χ2n) is 2.76. The van der Waals surface area contributed by atoms with Gasteiger partial charge in [-0.3, -0.25) is 0 Å². The van der Waals surface area contributed by atoms with Crippen LogP contribution in [0.3, 0.4) is 0 Å². The Morgan fingerprint density at radius 3 is 2.64 bits per heavy atom. The van der Waals surface area contributed by atoms with Crippen molar-refractivity contribution in [3.63, 3.8) is 0 Å². The molecule has 0 bridgehead atoms. The van der Waals surface area contributed by atoms with Crippen molar-refractivity contribution in [3.8, 4) is 11.5 Å². The number of methoxy groups -OCH3 is 1. The van der Waals surface area contributed by atoms with E-state index in [-0.39, 0.29) is 0 Å². The molecule has 0 aliphatic carbocycles. The maximum Gasteiger partial charge on any atom is 0.135 e. The summed E-state index contributed by atoms with van der Waals surface area (Å²) in [4.78, 5) is 10.4. The molecule has 0 unspecified atom stereocenters. The molecule has 0 aromatic heterocycles. The summed E-state index contributed by atoms with van der Waals surface area (Å²) in [5.74, 6) is -0.179. The van der Waals surface area contributed by atoms with Crippen LogP contribution in [0.15, 0.2) is 24.3 Å². The monoisotopic (exact) mass is 195 g/mol. The summed E-state index contributed by atoms with van der Waals surface area (Å²) < 4.78 is 10.0. The molecule has 0 aliphatic heterocycles. The van der Waals surface area contributed by atoms with Gasteiger partial charge in [0.1, 0.15) is 17.6 Å². The maximum absolute atomic E-state index is 10.4. The van der Waals surface area contributed by atoms with Crippen molar-refractivity contribution >= 4 is 5.97 Å². The van der Waals surface area contributed by atoms with Crippen LogP contribution in [-0.2, 0) is 4.79 Å². The second-order valence-corrected chi connectivity index (χ2v) is 2.76. The van der Waals surface area contributed by atoms with E-state index in [1.807, 2.05) is 0 Å². The number of carbonyl (C=O) groups excluding carboxylic acids is 1. The maximum atomic E-state index is 10.4. The lowest BCUT2D eigenvalue weighted by Crippen LogP contribution is -2.37. The van der Waals surface area contributed by atoms with Crippen LogP contribution in [-0.4, -0.2) is 19.2 Å². The van der Waals surface area contributed by atoms with Gasteiger partial charge in [-0.1, -0.05) is 6.07 Å². The van der Waals surface area contributed by atoms with E-state index in [2.05, 4.69) is 0 Å². The third kappa shape index (κ3) is 2.65. The topological polar surface area (TPSA) is 58.6 Å². The summed E-state index contributed by atoms with van der Waals surface area (Å²) in [7, 11) is 1.53. The third-order valence-electron chi connectivity index (χ3n) is 1.69. The Bertz CT molecular complexity index is 322. The molecule has 1 aromatic rings. The summed E-state index contributed by atoms with van der Waals surface area (Å²) in [5, 5.41) is 10.4. The summed E-state index contributed by atoms with van der Waals surface area (Å²) >= 11 is 0. The molecule has 0 radical (unpaired) electrons. The van der Waals surface area contributed by atoms with Crippen LogP contribution in [0.5, 0.6) is 11.5 Å². The van der Waals surface area contributed by atoms with Crippen LogP contribution >= 0.6 is 0 Å². The number of hydrogen-bond acceptors (Lipinski definition) is 4. The predicted molar refractivity (Wildman–Crippen MR) is 48.1 cm³/mol. The number of rotatable bonds is 4. The lowest BCUT2D eigenvalue weighted by Gasteiger charge is -2.15. The van der Waals surface area contributed by atoms with Gasteiger partial charge in [0, 0.05) is 6.07 Å². The highest BCUT2D eigenvalue weighted by Gasteiger charge is 2.04. The van der Waals surface area contributed by atoms with Gasteiger partial charge in [0.15, 0.2) is 0 Å². The van der Waals surface area contributed by atoms with Gasteiger partial charge in [-0.25, -0.2) is 0 Å². The quantitative estimate of drug-likeness (QED) is 0.689. The number of carbonyl (C=O) groups is 1. The highest BCUT2D eigenvalue weighted by molar-refractivity contribution is 5.69. The molecule has 0 fully saturated rings. The number of ether oxygens (including phenoxy) is 2. The normalized spacial score (nSPS) is 11.9. The van der Waals surface area contributed by atoms with Crippen LogP contribution < -0.4 is 14.6 Å². The molecule has 1 atom stereocenters. The molecule has 0 saturated heterocycles. The van der Waals surface area contributed by atoms with Gasteiger partial charge >= 0.3 is 0 Å². The molecule has 4 nitrogen and oxygen atoms in total. The van der Waals surface area contributed by atoms with Gasteiger partial charge < -0.3 is 19.4 Å². The number of benzene rings is 1. The minimum atomic E-state index is -1.24. The van der Waals surface area contributed by atoms with Crippen molar-refractivity contribution < 1.29 is 19.4 Å². The first-order chi connectivity index (χ1) is 6.63. The van der Waals surface area contributed by atoms with E-state index >= 15 is 0 Å². The molecule has 14 heavy (non-hydrogen) atoms. The first kappa shape index (κ1) is 10.4. The second kappa shape index (κ2) is 4.50. The SMILES string of the molecule is COc1cccc(O[C@@H](C)C(=O)[O-])c1. The van der Waals surface area contributed by atoms with Gasteiger partial charge in [0.05, 0.1) is 13.1 Å². The molecule has 1 aromatic carbocycles. The Labute approximate surface area is 82.1 Å². The molecule has 0 aliphatic rings. The van der Waals surface area contributed by atoms with Crippen LogP contribution in [0.25, 0.3) is 0 Å². The van der Waals surface area contributed by atoms with Crippen molar-refractivity contribution in [1.29, 1.82) is 0 Å². The molecule has 0 N–H and O–H groups in total. The lowest BCUT2D eigenvalue weighted by molar-refractivity contribution is -0.312. The molecule has 76 valence electrons. The van der Waals surface area contributed by atoms with Crippen molar-refractivity contribution in [2.45, 2.75) is 13.0 Å². The Hall–Kier alpha value is -1.71. The minimum absolute atomic E-state index is 0.445. The number of hydrogen-bond donors (Lipinski definition) is 0. The average Bonchev–Trinajstić information content (AvgIpc) is 2.18. The van der Waals surface area contributed by atoms with Crippen molar-refractivity contribution in [2.75, 3.05) is 7.11 Å². The van der Waals surface area contributed by atoms with E-state index in [1.54, 1.807) is 24.3 Å². The van der Waals surface area contributed by atoms with E-state index in [0.717, 1.165) is 0 Å². The smallest absolute Gasteiger partial charge is 0.135 e. The van der Waals surface area contributed by atoms with Gasteiger partial charge in [-0.05, 0) is 19.1 Å². The standard InChI is InChI=1S/C10H12O4/c1-7(10(11)12)14-9-5-3-4-8(6-9)13-2/h3-7H,1-2H3,(H,11,12)/p-1/t7-/m0/s1. The molecular formula is C10H11O4-. The fraction of sp³-hybridized carbons (Fsp3) is 0.300. The molecule has 1 rings (SSSR count). The van der Waals surface area contributed by atoms with E-state index < -0.39 is 12.1 Å².